The predicted molar refractivity (Wildman–Crippen MR) is 69.7 cm³/mol. The molecule has 0 radical (unpaired) electrons. The van der Waals surface area contributed by atoms with Gasteiger partial charge in [-0.3, -0.25) is 4.79 Å². The molecule has 1 rings (SSSR count). The third-order valence-corrected chi connectivity index (χ3v) is 3.29. The van der Waals surface area contributed by atoms with Gasteiger partial charge in [0.25, 0.3) is 0 Å². The molecule has 0 spiro atoms. The number of aliphatic carboxylic acids is 1. The van der Waals surface area contributed by atoms with Gasteiger partial charge in [-0.1, -0.05) is 23.2 Å². The molecule has 1 unspecified atom stereocenters. The standard InChI is InChI=1S/C12H15Cl2NO2/c1-12(11(16)17,3-2-4-15)8-5-9(13)7-10(14)6-8/h5-7H,2-4,15H2,1H3,(H,16,17). The summed E-state index contributed by atoms with van der Waals surface area (Å²) < 4.78 is 0. The van der Waals surface area contributed by atoms with Crippen molar-refractivity contribution in [3.63, 3.8) is 0 Å². The molecule has 0 saturated heterocycles. The van der Waals surface area contributed by atoms with E-state index in [0.29, 0.717) is 35.0 Å². The van der Waals surface area contributed by atoms with Crippen LogP contribution in [0.1, 0.15) is 25.3 Å². The highest BCUT2D eigenvalue weighted by Gasteiger charge is 2.34. The zero-order chi connectivity index (χ0) is 13.1. The predicted octanol–water partition coefficient (Wildman–Crippen LogP) is 3.07. The lowest BCUT2D eigenvalue weighted by atomic mass is 9.78. The summed E-state index contributed by atoms with van der Waals surface area (Å²) in [5.74, 6) is -0.899. The summed E-state index contributed by atoms with van der Waals surface area (Å²) >= 11 is 11.8. The number of halogens is 2. The second-order valence-corrected chi connectivity index (χ2v) is 5.06. The molecule has 1 aromatic carbocycles. The SMILES string of the molecule is CC(CCCN)(C(=O)O)c1cc(Cl)cc(Cl)c1. The molecule has 5 heteroatoms. The van der Waals surface area contributed by atoms with Crippen molar-refractivity contribution in [2.45, 2.75) is 25.2 Å². The molecular weight excluding hydrogens is 261 g/mol. The van der Waals surface area contributed by atoms with E-state index in [4.69, 9.17) is 28.9 Å². The lowest BCUT2D eigenvalue weighted by molar-refractivity contribution is -0.143. The Morgan fingerprint density at radius 3 is 2.29 bits per heavy atom. The molecule has 1 atom stereocenters. The highest BCUT2D eigenvalue weighted by molar-refractivity contribution is 6.34. The van der Waals surface area contributed by atoms with Gasteiger partial charge in [-0.15, -0.1) is 0 Å². The summed E-state index contributed by atoms with van der Waals surface area (Å²) in [6, 6.07) is 4.86. The fourth-order valence-electron chi connectivity index (χ4n) is 1.70. The Bertz CT molecular complexity index is 403. The van der Waals surface area contributed by atoms with Crippen molar-refractivity contribution in [1.82, 2.24) is 0 Å². The third kappa shape index (κ3) is 3.35. The largest absolute Gasteiger partial charge is 0.481 e. The third-order valence-electron chi connectivity index (χ3n) is 2.85. The molecular formula is C12H15Cl2NO2. The van der Waals surface area contributed by atoms with Crippen LogP contribution in [0.5, 0.6) is 0 Å². The van der Waals surface area contributed by atoms with Crippen LogP contribution in [0.3, 0.4) is 0 Å². The average Bonchev–Trinajstić information content (AvgIpc) is 2.24. The summed E-state index contributed by atoms with van der Waals surface area (Å²) in [4.78, 5) is 11.4. The minimum atomic E-state index is -1.01. The maximum Gasteiger partial charge on any atom is 0.313 e. The summed E-state index contributed by atoms with van der Waals surface area (Å²) in [5.41, 5.74) is 5.03. The van der Waals surface area contributed by atoms with E-state index >= 15 is 0 Å². The Morgan fingerprint density at radius 1 is 1.35 bits per heavy atom. The molecule has 0 aliphatic carbocycles. The van der Waals surface area contributed by atoms with Gasteiger partial charge < -0.3 is 10.8 Å². The van der Waals surface area contributed by atoms with Crippen LogP contribution in [0.2, 0.25) is 10.0 Å². The second-order valence-electron chi connectivity index (χ2n) is 4.19. The van der Waals surface area contributed by atoms with Crippen LogP contribution < -0.4 is 5.73 Å². The summed E-state index contributed by atoms with van der Waals surface area (Å²) in [5, 5.41) is 10.2. The van der Waals surface area contributed by atoms with Gasteiger partial charge in [0, 0.05) is 10.0 Å². The van der Waals surface area contributed by atoms with E-state index in [2.05, 4.69) is 0 Å². The van der Waals surface area contributed by atoms with Crippen LogP contribution in [0.4, 0.5) is 0 Å². The number of hydrogen-bond donors (Lipinski definition) is 2. The van der Waals surface area contributed by atoms with Crippen molar-refractivity contribution in [3.05, 3.63) is 33.8 Å². The topological polar surface area (TPSA) is 63.3 Å². The first kappa shape index (κ1) is 14.3. The van der Waals surface area contributed by atoms with Crippen molar-refractivity contribution in [2.75, 3.05) is 6.54 Å². The molecule has 0 saturated carbocycles. The van der Waals surface area contributed by atoms with Gasteiger partial charge in [0.15, 0.2) is 0 Å². The number of nitrogens with two attached hydrogens (primary N) is 1. The first-order chi connectivity index (χ1) is 7.90. The maximum absolute atomic E-state index is 11.4. The Labute approximate surface area is 111 Å². The van der Waals surface area contributed by atoms with E-state index in [0.717, 1.165) is 0 Å². The van der Waals surface area contributed by atoms with Gasteiger partial charge in [-0.25, -0.2) is 0 Å². The Balaban J connectivity index is 3.17. The lowest BCUT2D eigenvalue weighted by Gasteiger charge is -2.25. The molecule has 17 heavy (non-hydrogen) atoms. The number of carboxylic acid groups (broad SMARTS) is 1. The molecule has 3 nitrogen and oxygen atoms in total. The molecule has 3 N–H and O–H groups in total. The minimum absolute atomic E-state index is 0.438. The highest BCUT2D eigenvalue weighted by Crippen LogP contribution is 2.33. The Morgan fingerprint density at radius 2 is 1.88 bits per heavy atom. The summed E-state index contributed by atoms with van der Waals surface area (Å²) in [6.07, 6.45) is 1.09. The van der Waals surface area contributed by atoms with Crippen molar-refractivity contribution < 1.29 is 9.90 Å². The van der Waals surface area contributed by atoms with E-state index in [1.54, 1.807) is 25.1 Å². The maximum atomic E-state index is 11.4. The number of hydrogen-bond acceptors (Lipinski definition) is 2. The molecule has 1 aromatic rings. The van der Waals surface area contributed by atoms with Gasteiger partial charge >= 0.3 is 5.97 Å². The van der Waals surface area contributed by atoms with Crippen molar-refractivity contribution >= 4 is 29.2 Å². The minimum Gasteiger partial charge on any atom is -0.481 e. The fraction of sp³-hybridized carbons (Fsp3) is 0.417. The quantitative estimate of drug-likeness (QED) is 0.868. The number of benzene rings is 1. The molecule has 94 valence electrons. The Kier molecular flexibility index (Phi) is 4.80. The van der Waals surface area contributed by atoms with Crippen molar-refractivity contribution in [1.29, 1.82) is 0 Å². The average molecular weight is 276 g/mol. The van der Waals surface area contributed by atoms with E-state index in [1.807, 2.05) is 0 Å². The van der Waals surface area contributed by atoms with Crippen molar-refractivity contribution in [3.8, 4) is 0 Å². The van der Waals surface area contributed by atoms with Crippen molar-refractivity contribution in [2.24, 2.45) is 5.73 Å². The van der Waals surface area contributed by atoms with Gasteiger partial charge in [0.1, 0.15) is 0 Å². The normalized spacial score (nSPS) is 14.4. The van der Waals surface area contributed by atoms with Crippen LogP contribution in [-0.2, 0) is 10.2 Å². The fourth-order valence-corrected chi connectivity index (χ4v) is 2.23. The smallest absolute Gasteiger partial charge is 0.313 e. The molecule has 0 heterocycles. The molecule has 0 aliphatic heterocycles. The monoisotopic (exact) mass is 275 g/mol. The first-order valence-corrected chi connectivity index (χ1v) is 6.06. The van der Waals surface area contributed by atoms with Crippen LogP contribution >= 0.6 is 23.2 Å². The van der Waals surface area contributed by atoms with Gasteiger partial charge in [0.2, 0.25) is 0 Å². The summed E-state index contributed by atoms with van der Waals surface area (Å²) in [6.45, 7) is 2.12. The van der Waals surface area contributed by atoms with Crippen LogP contribution in [-0.4, -0.2) is 17.6 Å². The van der Waals surface area contributed by atoms with Gasteiger partial charge in [-0.05, 0) is 50.1 Å². The van der Waals surface area contributed by atoms with E-state index in [9.17, 15) is 9.90 Å². The number of carboxylic acids is 1. The zero-order valence-electron chi connectivity index (χ0n) is 9.54. The van der Waals surface area contributed by atoms with Crippen LogP contribution in [0.15, 0.2) is 18.2 Å². The lowest BCUT2D eigenvalue weighted by Crippen LogP contribution is -2.33. The van der Waals surface area contributed by atoms with Crippen LogP contribution in [0, 0.1) is 0 Å². The van der Waals surface area contributed by atoms with E-state index < -0.39 is 11.4 Å². The van der Waals surface area contributed by atoms with E-state index in [1.165, 1.54) is 0 Å². The number of carbonyl (C=O) groups is 1. The first-order valence-electron chi connectivity index (χ1n) is 5.30. The van der Waals surface area contributed by atoms with Gasteiger partial charge in [-0.2, -0.15) is 0 Å². The number of rotatable bonds is 5. The molecule has 0 aromatic heterocycles. The zero-order valence-corrected chi connectivity index (χ0v) is 11.1. The molecule has 0 bridgehead atoms. The summed E-state index contributed by atoms with van der Waals surface area (Å²) in [7, 11) is 0. The van der Waals surface area contributed by atoms with Crippen LogP contribution in [0.25, 0.3) is 0 Å². The molecule has 0 fully saturated rings. The molecule has 0 aliphatic rings. The second kappa shape index (κ2) is 5.71. The van der Waals surface area contributed by atoms with Gasteiger partial charge in [0.05, 0.1) is 5.41 Å². The highest BCUT2D eigenvalue weighted by atomic mass is 35.5. The van der Waals surface area contributed by atoms with E-state index in [-0.39, 0.29) is 0 Å². The molecule has 0 amide bonds. The Hall–Kier alpha value is -0.770.